The number of likely N-dealkylation sites (tertiary alicyclic amines) is 1. The van der Waals surface area contributed by atoms with E-state index in [4.69, 9.17) is 10.5 Å². The summed E-state index contributed by atoms with van der Waals surface area (Å²) in [6, 6.07) is 5.47. The van der Waals surface area contributed by atoms with Gasteiger partial charge in [0.05, 0.1) is 0 Å². The zero-order chi connectivity index (χ0) is 19.4. The molecule has 144 valence electrons. The summed E-state index contributed by atoms with van der Waals surface area (Å²) in [6.45, 7) is 1.92. The molecule has 2 aromatic rings. The van der Waals surface area contributed by atoms with E-state index >= 15 is 0 Å². The lowest BCUT2D eigenvalue weighted by Gasteiger charge is -2.34. The number of ether oxygens (including phenoxy) is 1. The van der Waals surface area contributed by atoms with Crippen molar-refractivity contribution in [3.8, 4) is 11.6 Å². The summed E-state index contributed by atoms with van der Waals surface area (Å²) in [6.07, 6.45) is 3.10. The van der Waals surface area contributed by atoms with Crippen molar-refractivity contribution in [3.05, 3.63) is 36.4 Å². The number of nitrogens with zero attached hydrogens (tertiary/aromatic N) is 4. The van der Waals surface area contributed by atoms with Crippen LogP contribution in [0.15, 0.2) is 30.6 Å². The average Bonchev–Trinajstić information content (AvgIpc) is 2.64. The van der Waals surface area contributed by atoms with E-state index in [9.17, 15) is 9.18 Å². The molecule has 2 heterocycles. The first-order valence-corrected chi connectivity index (χ1v) is 8.69. The molecule has 1 aliphatic heterocycles. The third-order valence-corrected chi connectivity index (χ3v) is 4.60. The molecule has 3 rings (SSSR count). The maximum absolute atomic E-state index is 13.9. The molecule has 0 radical (unpaired) electrons. The van der Waals surface area contributed by atoms with Crippen LogP contribution in [0.4, 0.5) is 20.7 Å². The Labute approximate surface area is 157 Å². The van der Waals surface area contributed by atoms with Crippen molar-refractivity contribution in [1.29, 1.82) is 0 Å². The summed E-state index contributed by atoms with van der Waals surface area (Å²) in [4.78, 5) is 24.4. The van der Waals surface area contributed by atoms with Crippen LogP contribution in [-0.2, 0) is 0 Å². The average molecular weight is 374 g/mol. The van der Waals surface area contributed by atoms with Gasteiger partial charge in [-0.15, -0.1) is 0 Å². The largest absolute Gasteiger partial charge is 0.436 e. The second-order valence-corrected chi connectivity index (χ2v) is 6.61. The van der Waals surface area contributed by atoms with Gasteiger partial charge in [0.1, 0.15) is 12.1 Å². The Balaban J connectivity index is 1.64. The summed E-state index contributed by atoms with van der Waals surface area (Å²) in [5, 5.41) is 2.73. The summed E-state index contributed by atoms with van der Waals surface area (Å²) >= 11 is 0. The lowest BCUT2D eigenvalue weighted by Crippen LogP contribution is -2.46. The molecule has 1 aromatic heterocycles. The van der Waals surface area contributed by atoms with Crippen molar-refractivity contribution in [1.82, 2.24) is 19.8 Å². The molecule has 0 spiro atoms. The van der Waals surface area contributed by atoms with Gasteiger partial charge in [0.15, 0.2) is 11.6 Å². The second-order valence-electron chi connectivity index (χ2n) is 6.61. The highest BCUT2D eigenvalue weighted by molar-refractivity contribution is 5.88. The molecule has 0 atom stereocenters. The lowest BCUT2D eigenvalue weighted by molar-refractivity contribution is 0.156. The molecule has 1 fully saturated rings. The van der Waals surface area contributed by atoms with Crippen molar-refractivity contribution in [2.75, 3.05) is 38.2 Å². The third kappa shape index (κ3) is 4.82. The molecule has 0 aliphatic carbocycles. The SMILES string of the molecule is CN1CCC(N(C)C(=O)Nc2cc(Oc3ccc(N)cc3F)ncn2)CC1. The number of nitrogens with one attached hydrogen (secondary N) is 1. The summed E-state index contributed by atoms with van der Waals surface area (Å²) in [5.41, 5.74) is 5.82. The van der Waals surface area contributed by atoms with Gasteiger partial charge in [0, 0.05) is 30.9 Å². The number of amides is 2. The molecule has 1 aromatic carbocycles. The highest BCUT2D eigenvalue weighted by Gasteiger charge is 2.24. The molecule has 0 unspecified atom stereocenters. The zero-order valence-corrected chi connectivity index (χ0v) is 15.4. The van der Waals surface area contributed by atoms with Gasteiger partial charge in [-0.3, -0.25) is 5.32 Å². The quantitative estimate of drug-likeness (QED) is 0.799. The number of benzene rings is 1. The number of hydrogen-bond acceptors (Lipinski definition) is 6. The van der Waals surface area contributed by atoms with Crippen LogP contribution < -0.4 is 15.8 Å². The monoisotopic (exact) mass is 374 g/mol. The molecular weight excluding hydrogens is 351 g/mol. The molecule has 8 nitrogen and oxygen atoms in total. The van der Waals surface area contributed by atoms with Crippen molar-refractivity contribution in [2.24, 2.45) is 0 Å². The van der Waals surface area contributed by atoms with Crippen molar-refractivity contribution < 1.29 is 13.9 Å². The van der Waals surface area contributed by atoms with E-state index in [1.807, 2.05) is 0 Å². The number of hydrogen-bond donors (Lipinski definition) is 2. The molecule has 9 heteroatoms. The van der Waals surface area contributed by atoms with Crippen LogP contribution in [0.2, 0.25) is 0 Å². The van der Waals surface area contributed by atoms with Gasteiger partial charge in [-0.2, -0.15) is 0 Å². The zero-order valence-electron chi connectivity index (χ0n) is 15.4. The first kappa shape index (κ1) is 18.8. The van der Waals surface area contributed by atoms with Gasteiger partial charge in [0.2, 0.25) is 5.88 Å². The fraction of sp³-hybridized carbons (Fsp3) is 0.389. The van der Waals surface area contributed by atoms with Crippen LogP contribution in [-0.4, -0.2) is 59.0 Å². The fourth-order valence-corrected chi connectivity index (χ4v) is 2.92. The predicted molar refractivity (Wildman–Crippen MR) is 100 cm³/mol. The van der Waals surface area contributed by atoms with Gasteiger partial charge >= 0.3 is 6.03 Å². The van der Waals surface area contributed by atoms with E-state index in [2.05, 4.69) is 27.2 Å². The Morgan fingerprint density at radius 1 is 1.33 bits per heavy atom. The fourth-order valence-electron chi connectivity index (χ4n) is 2.92. The first-order valence-electron chi connectivity index (χ1n) is 8.69. The Morgan fingerprint density at radius 3 is 2.78 bits per heavy atom. The van der Waals surface area contributed by atoms with Gasteiger partial charge in [0.25, 0.3) is 0 Å². The lowest BCUT2D eigenvalue weighted by atomic mass is 10.0. The van der Waals surface area contributed by atoms with Crippen molar-refractivity contribution in [2.45, 2.75) is 18.9 Å². The third-order valence-electron chi connectivity index (χ3n) is 4.60. The standard InChI is InChI=1S/C18H23FN6O2/c1-24-7-5-13(6-8-24)25(2)18(26)23-16-10-17(22-11-21-16)27-15-4-3-12(20)9-14(15)19/h3-4,9-11,13H,5-8,20H2,1-2H3,(H,21,22,23,26). The van der Waals surface area contributed by atoms with Gasteiger partial charge in [-0.1, -0.05) is 0 Å². The van der Waals surface area contributed by atoms with E-state index in [1.165, 1.54) is 24.5 Å². The summed E-state index contributed by atoms with van der Waals surface area (Å²) < 4.78 is 19.3. The van der Waals surface area contributed by atoms with E-state index in [0.717, 1.165) is 32.0 Å². The molecule has 1 saturated heterocycles. The maximum atomic E-state index is 13.9. The van der Waals surface area contributed by atoms with E-state index in [1.54, 1.807) is 11.9 Å². The van der Waals surface area contributed by atoms with Crippen LogP contribution in [0.3, 0.4) is 0 Å². The number of anilines is 2. The molecule has 0 saturated carbocycles. The summed E-state index contributed by atoms with van der Waals surface area (Å²) in [7, 11) is 3.84. The maximum Gasteiger partial charge on any atom is 0.323 e. The number of nitrogens with two attached hydrogens (primary N) is 1. The van der Waals surface area contributed by atoms with E-state index in [0.29, 0.717) is 5.69 Å². The number of aromatic nitrogens is 2. The Hall–Kier alpha value is -2.94. The first-order chi connectivity index (χ1) is 12.9. The number of carbonyl (C=O) groups is 1. The van der Waals surface area contributed by atoms with Crippen LogP contribution >= 0.6 is 0 Å². The minimum atomic E-state index is -0.596. The number of carbonyl (C=O) groups excluding carboxylic acids is 1. The Kier molecular flexibility index (Phi) is 5.70. The second kappa shape index (κ2) is 8.17. The predicted octanol–water partition coefficient (Wildman–Crippen LogP) is 2.55. The Bertz CT molecular complexity index is 810. The van der Waals surface area contributed by atoms with Crippen LogP contribution in [0.5, 0.6) is 11.6 Å². The number of nitrogen functional groups attached to an aromatic ring is 1. The van der Waals surface area contributed by atoms with Crippen LogP contribution in [0.1, 0.15) is 12.8 Å². The number of halogens is 1. The molecule has 2 amide bonds. The highest BCUT2D eigenvalue weighted by Crippen LogP contribution is 2.25. The van der Waals surface area contributed by atoms with Crippen LogP contribution in [0, 0.1) is 5.82 Å². The van der Waals surface area contributed by atoms with Crippen LogP contribution in [0.25, 0.3) is 0 Å². The normalized spacial score (nSPS) is 15.4. The topological polar surface area (TPSA) is 96.6 Å². The minimum Gasteiger partial charge on any atom is -0.436 e. The van der Waals surface area contributed by atoms with Crippen molar-refractivity contribution in [3.63, 3.8) is 0 Å². The molecular formula is C18H23FN6O2. The summed E-state index contributed by atoms with van der Waals surface area (Å²) in [5.74, 6) is -0.212. The molecule has 0 bridgehead atoms. The van der Waals surface area contributed by atoms with Gasteiger partial charge < -0.3 is 20.3 Å². The van der Waals surface area contributed by atoms with E-state index in [-0.39, 0.29) is 29.5 Å². The molecule has 1 aliphatic rings. The highest BCUT2D eigenvalue weighted by atomic mass is 19.1. The smallest absolute Gasteiger partial charge is 0.323 e. The Morgan fingerprint density at radius 2 is 2.07 bits per heavy atom. The number of piperidine rings is 1. The molecule has 3 N–H and O–H groups in total. The number of rotatable bonds is 4. The van der Waals surface area contributed by atoms with Crippen molar-refractivity contribution >= 4 is 17.5 Å². The number of urea groups is 1. The van der Waals surface area contributed by atoms with Gasteiger partial charge in [-0.25, -0.2) is 19.2 Å². The molecule has 27 heavy (non-hydrogen) atoms. The minimum absolute atomic E-state index is 0.0105. The van der Waals surface area contributed by atoms with Gasteiger partial charge in [-0.05, 0) is 45.1 Å². The van der Waals surface area contributed by atoms with E-state index < -0.39 is 5.82 Å².